The number of benzene rings is 2. The van der Waals surface area contributed by atoms with Crippen molar-refractivity contribution in [3.8, 4) is 0 Å². The summed E-state index contributed by atoms with van der Waals surface area (Å²) < 4.78 is 0. The number of halogens is 2. The number of carbonyl (C=O) groups is 2. The molecule has 3 N–H and O–H groups in total. The molecule has 3 aromatic rings. The van der Waals surface area contributed by atoms with Crippen LogP contribution in [0.2, 0.25) is 10.0 Å². The molecule has 1 heterocycles. The molecule has 174 valence electrons. The average molecular weight is 506 g/mol. The minimum Gasteiger partial charge on any atom is -0.342 e. The highest BCUT2D eigenvalue weighted by atomic mass is 35.5. The Bertz CT molecular complexity index is 1150. The first-order valence-corrected chi connectivity index (χ1v) is 12.1. The number of nitrogens with one attached hydrogen (secondary N) is 3. The van der Waals surface area contributed by atoms with Crippen molar-refractivity contribution < 1.29 is 9.59 Å². The van der Waals surface area contributed by atoms with Crippen molar-refractivity contribution in [2.45, 2.75) is 38.9 Å². The van der Waals surface area contributed by atoms with E-state index >= 15 is 0 Å². The molecule has 1 aromatic heterocycles. The fraction of sp³-hybridized carbons (Fsp3) is 0.304. The Morgan fingerprint density at radius 1 is 1.12 bits per heavy atom. The average Bonchev–Trinajstić information content (AvgIpc) is 3.21. The highest BCUT2D eigenvalue weighted by Crippen LogP contribution is 2.25. The van der Waals surface area contributed by atoms with E-state index in [1.807, 2.05) is 45.9 Å². The van der Waals surface area contributed by atoms with Crippen molar-refractivity contribution in [1.82, 2.24) is 20.5 Å². The van der Waals surface area contributed by atoms with E-state index in [-0.39, 0.29) is 28.5 Å². The second kappa shape index (κ2) is 11.0. The Morgan fingerprint density at radius 2 is 1.82 bits per heavy atom. The number of carbonyl (C=O) groups excluding carboxylic acids is 2. The number of hydrogen-bond donors (Lipinski definition) is 3. The van der Waals surface area contributed by atoms with Gasteiger partial charge >= 0.3 is 0 Å². The third kappa shape index (κ3) is 6.50. The molecule has 0 saturated carbocycles. The summed E-state index contributed by atoms with van der Waals surface area (Å²) in [4.78, 5) is 29.7. The minimum absolute atomic E-state index is 0.0261. The molecule has 33 heavy (non-hydrogen) atoms. The molecule has 0 bridgehead atoms. The second-order valence-corrected chi connectivity index (χ2v) is 9.71. The smallest absolute Gasteiger partial charge is 0.253 e. The Labute approximate surface area is 207 Å². The van der Waals surface area contributed by atoms with Gasteiger partial charge in [0.05, 0.1) is 22.4 Å². The lowest BCUT2D eigenvalue weighted by atomic mass is 10.0. The Balaban J connectivity index is 1.64. The van der Waals surface area contributed by atoms with Crippen LogP contribution in [0.15, 0.2) is 41.6 Å². The van der Waals surface area contributed by atoms with E-state index in [4.69, 9.17) is 23.2 Å². The van der Waals surface area contributed by atoms with Gasteiger partial charge in [0.25, 0.3) is 5.91 Å². The van der Waals surface area contributed by atoms with Crippen LogP contribution in [0, 0.1) is 19.8 Å². The molecule has 0 saturated heterocycles. The van der Waals surface area contributed by atoms with Crippen LogP contribution >= 0.6 is 35.0 Å². The molecule has 0 aliphatic rings. The summed E-state index contributed by atoms with van der Waals surface area (Å²) in [6.07, 6.45) is 0. The van der Waals surface area contributed by atoms with Crippen molar-refractivity contribution in [3.63, 3.8) is 0 Å². The standard InChI is InChI=1S/C23H25Cl2N5O2S/c1-12(2)19(27-22(32)16-9-8-15(24)10-17(16)25)21-28-23(30-29-21)33-11-18(31)26-20-13(3)6-5-7-14(20)4/h5-10,12,19H,11H2,1-4H3,(H,26,31)(H,27,32)(H,28,29,30)/t19-/m1/s1. The van der Waals surface area contributed by atoms with Crippen LogP contribution in [0.25, 0.3) is 0 Å². The van der Waals surface area contributed by atoms with Crippen molar-refractivity contribution >= 4 is 52.5 Å². The first-order chi connectivity index (χ1) is 15.7. The van der Waals surface area contributed by atoms with Crippen molar-refractivity contribution in [1.29, 1.82) is 0 Å². The molecule has 7 nitrogen and oxygen atoms in total. The monoisotopic (exact) mass is 505 g/mol. The summed E-state index contributed by atoms with van der Waals surface area (Å²) in [5, 5.41) is 14.1. The number of anilines is 1. The molecular formula is C23H25Cl2N5O2S. The van der Waals surface area contributed by atoms with Gasteiger partial charge in [0, 0.05) is 10.7 Å². The summed E-state index contributed by atoms with van der Waals surface area (Å²) >= 11 is 13.3. The summed E-state index contributed by atoms with van der Waals surface area (Å²) in [5.74, 6) is 0.201. The third-order valence-corrected chi connectivity index (χ3v) is 6.38. The van der Waals surface area contributed by atoms with Gasteiger partial charge in [0.15, 0.2) is 0 Å². The number of amides is 2. The molecule has 3 rings (SSSR count). The number of hydrogen-bond acceptors (Lipinski definition) is 5. The van der Waals surface area contributed by atoms with Gasteiger partial charge in [0.1, 0.15) is 5.82 Å². The van der Waals surface area contributed by atoms with Crippen LogP contribution in [0.4, 0.5) is 5.69 Å². The zero-order valence-corrected chi connectivity index (χ0v) is 21.0. The Kier molecular flexibility index (Phi) is 8.40. The molecule has 2 amide bonds. The number of para-hydroxylation sites is 1. The summed E-state index contributed by atoms with van der Waals surface area (Å²) in [7, 11) is 0. The predicted octanol–water partition coefficient (Wildman–Crippen LogP) is 5.59. The summed E-state index contributed by atoms with van der Waals surface area (Å²) in [5.41, 5.74) is 3.15. The lowest BCUT2D eigenvalue weighted by molar-refractivity contribution is -0.113. The van der Waals surface area contributed by atoms with E-state index in [0.717, 1.165) is 16.8 Å². The van der Waals surface area contributed by atoms with Gasteiger partial charge in [-0.25, -0.2) is 4.98 Å². The quantitative estimate of drug-likeness (QED) is 0.346. The van der Waals surface area contributed by atoms with Gasteiger partial charge in [-0.3, -0.25) is 14.7 Å². The van der Waals surface area contributed by atoms with Gasteiger partial charge in [-0.1, -0.05) is 67.0 Å². The zero-order valence-electron chi connectivity index (χ0n) is 18.7. The maximum atomic E-state index is 12.8. The van der Waals surface area contributed by atoms with Crippen LogP contribution in [0.5, 0.6) is 0 Å². The minimum atomic E-state index is -0.422. The molecule has 0 spiro atoms. The van der Waals surface area contributed by atoms with E-state index in [0.29, 0.717) is 21.6 Å². The summed E-state index contributed by atoms with van der Waals surface area (Å²) in [6, 6.07) is 10.1. The van der Waals surface area contributed by atoms with E-state index in [2.05, 4.69) is 25.8 Å². The highest BCUT2D eigenvalue weighted by molar-refractivity contribution is 7.99. The van der Waals surface area contributed by atoms with E-state index in [1.165, 1.54) is 17.8 Å². The number of H-pyrrole nitrogens is 1. The van der Waals surface area contributed by atoms with Crippen molar-refractivity contribution in [2.24, 2.45) is 5.92 Å². The van der Waals surface area contributed by atoms with Gasteiger partial charge < -0.3 is 10.6 Å². The molecule has 1 atom stereocenters. The first-order valence-electron chi connectivity index (χ1n) is 10.3. The maximum absolute atomic E-state index is 12.8. The summed E-state index contributed by atoms with van der Waals surface area (Å²) in [6.45, 7) is 7.83. The number of aryl methyl sites for hydroxylation is 2. The van der Waals surface area contributed by atoms with Crippen LogP contribution < -0.4 is 10.6 Å². The molecule has 10 heteroatoms. The number of thioether (sulfide) groups is 1. The fourth-order valence-corrected chi connectivity index (χ4v) is 4.32. The van der Waals surface area contributed by atoms with Crippen LogP contribution in [-0.4, -0.2) is 32.7 Å². The molecule has 0 aliphatic carbocycles. The van der Waals surface area contributed by atoms with Gasteiger partial charge in [-0.2, -0.15) is 0 Å². The maximum Gasteiger partial charge on any atom is 0.253 e. The van der Waals surface area contributed by atoms with Gasteiger partial charge in [-0.05, 0) is 49.1 Å². The molecule has 0 radical (unpaired) electrons. The first kappa shape index (κ1) is 25.1. The van der Waals surface area contributed by atoms with E-state index in [9.17, 15) is 9.59 Å². The molecule has 0 fully saturated rings. The largest absolute Gasteiger partial charge is 0.342 e. The molecule has 0 aliphatic heterocycles. The molecule has 2 aromatic carbocycles. The Hall–Kier alpha value is -2.55. The Morgan fingerprint density at radius 3 is 2.45 bits per heavy atom. The normalized spacial score (nSPS) is 12.0. The van der Waals surface area contributed by atoms with E-state index < -0.39 is 6.04 Å². The van der Waals surface area contributed by atoms with Crippen LogP contribution in [0.1, 0.15) is 47.2 Å². The zero-order chi connectivity index (χ0) is 24.1. The lowest BCUT2D eigenvalue weighted by Crippen LogP contribution is -2.32. The fourth-order valence-electron chi connectivity index (χ4n) is 3.22. The number of nitrogens with zero attached hydrogens (tertiary/aromatic N) is 2. The molecular weight excluding hydrogens is 481 g/mol. The highest BCUT2D eigenvalue weighted by Gasteiger charge is 2.24. The SMILES string of the molecule is Cc1cccc(C)c1NC(=O)CSc1n[nH]c([C@H](NC(=O)c2ccc(Cl)cc2Cl)C(C)C)n1. The number of aromatic amines is 1. The van der Waals surface area contributed by atoms with Crippen molar-refractivity contribution in [3.05, 3.63) is 69.0 Å². The number of rotatable bonds is 8. The predicted molar refractivity (Wildman–Crippen MR) is 133 cm³/mol. The lowest BCUT2D eigenvalue weighted by Gasteiger charge is -2.20. The topological polar surface area (TPSA) is 99.8 Å². The van der Waals surface area contributed by atoms with E-state index in [1.54, 1.807) is 12.1 Å². The third-order valence-electron chi connectivity index (χ3n) is 4.98. The van der Waals surface area contributed by atoms with Gasteiger partial charge in [0.2, 0.25) is 11.1 Å². The second-order valence-electron chi connectivity index (χ2n) is 7.93. The molecule has 0 unspecified atom stereocenters. The number of aromatic nitrogens is 3. The van der Waals surface area contributed by atoms with Crippen LogP contribution in [-0.2, 0) is 4.79 Å². The van der Waals surface area contributed by atoms with Crippen molar-refractivity contribution in [2.75, 3.05) is 11.1 Å². The van der Waals surface area contributed by atoms with Gasteiger partial charge in [-0.15, -0.1) is 5.10 Å². The van der Waals surface area contributed by atoms with Crippen LogP contribution in [0.3, 0.4) is 0 Å².